The molecule has 0 aliphatic heterocycles. The number of ketones is 3. The number of hydrogen-bond donors (Lipinski definition) is 0. The van der Waals surface area contributed by atoms with Crippen molar-refractivity contribution in [3.05, 3.63) is 112 Å². The Balaban J connectivity index is 1.86. The number of hydrogen-bond acceptors (Lipinski definition) is 3. The van der Waals surface area contributed by atoms with Crippen LogP contribution in [-0.4, -0.2) is 17.3 Å². The zero-order chi connectivity index (χ0) is 21.8. The van der Waals surface area contributed by atoms with Gasteiger partial charge in [0.25, 0.3) is 0 Å². The summed E-state index contributed by atoms with van der Waals surface area (Å²) in [5, 5.41) is 0. The molecule has 0 bridgehead atoms. The standard InChI is InChI=1S/C27H19BrO3/c1-16-23(29)15-22(17-7-3-2-4-8-17)27(24(16)18-11-13-19(28)14-12-18)25(30)20-9-5-6-10-21(20)26(27)31/h2-16,24H,1H3/t16-,24+/m1/s1. The van der Waals surface area contributed by atoms with Crippen molar-refractivity contribution in [2.24, 2.45) is 11.3 Å². The smallest absolute Gasteiger partial charge is 0.182 e. The summed E-state index contributed by atoms with van der Waals surface area (Å²) in [4.78, 5) is 41.3. The molecule has 0 amide bonds. The minimum atomic E-state index is -1.47. The molecule has 1 spiro atoms. The lowest BCUT2D eigenvalue weighted by Gasteiger charge is -2.43. The van der Waals surface area contributed by atoms with E-state index < -0.39 is 17.3 Å². The normalized spacial score (nSPS) is 21.9. The molecule has 0 heterocycles. The van der Waals surface area contributed by atoms with E-state index in [0.29, 0.717) is 16.7 Å². The second-order valence-electron chi connectivity index (χ2n) is 8.16. The summed E-state index contributed by atoms with van der Waals surface area (Å²) >= 11 is 3.45. The van der Waals surface area contributed by atoms with E-state index in [-0.39, 0.29) is 17.3 Å². The van der Waals surface area contributed by atoms with Crippen LogP contribution in [-0.2, 0) is 4.79 Å². The number of carbonyl (C=O) groups is 3. The van der Waals surface area contributed by atoms with Crippen molar-refractivity contribution in [2.45, 2.75) is 12.8 Å². The fourth-order valence-electron chi connectivity index (χ4n) is 5.17. The lowest BCUT2D eigenvalue weighted by atomic mass is 9.55. The van der Waals surface area contributed by atoms with Gasteiger partial charge in [-0.05, 0) is 34.9 Å². The topological polar surface area (TPSA) is 51.2 Å². The van der Waals surface area contributed by atoms with Crippen LogP contribution in [0, 0.1) is 11.3 Å². The van der Waals surface area contributed by atoms with E-state index in [1.807, 2.05) is 61.5 Å². The van der Waals surface area contributed by atoms with E-state index in [2.05, 4.69) is 15.9 Å². The zero-order valence-corrected chi connectivity index (χ0v) is 18.4. The third kappa shape index (κ3) is 2.75. The van der Waals surface area contributed by atoms with Crippen molar-refractivity contribution in [2.75, 3.05) is 0 Å². The van der Waals surface area contributed by atoms with Crippen LogP contribution in [0.1, 0.15) is 44.7 Å². The largest absolute Gasteiger partial charge is 0.295 e. The van der Waals surface area contributed by atoms with Gasteiger partial charge < -0.3 is 0 Å². The molecule has 5 rings (SSSR count). The molecule has 2 aliphatic rings. The van der Waals surface area contributed by atoms with Crippen LogP contribution >= 0.6 is 15.9 Å². The highest BCUT2D eigenvalue weighted by atomic mass is 79.9. The maximum atomic E-state index is 14.1. The van der Waals surface area contributed by atoms with E-state index >= 15 is 0 Å². The maximum absolute atomic E-state index is 14.1. The Morgan fingerprint density at radius 2 is 1.29 bits per heavy atom. The zero-order valence-electron chi connectivity index (χ0n) is 16.8. The van der Waals surface area contributed by atoms with Crippen LogP contribution in [0.4, 0.5) is 0 Å². The van der Waals surface area contributed by atoms with Crippen LogP contribution in [0.5, 0.6) is 0 Å². The first-order valence-corrected chi connectivity index (χ1v) is 11.0. The SMILES string of the molecule is C[C@@H]1C(=O)C=C(c2ccccc2)C2(C(=O)c3ccccc3C2=O)[C@@H]1c1ccc(Br)cc1. The summed E-state index contributed by atoms with van der Waals surface area (Å²) < 4.78 is 0.895. The fourth-order valence-corrected chi connectivity index (χ4v) is 5.43. The van der Waals surface area contributed by atoms with Crippen molar-refractivity contribution >= 4 is 38.9 Å². The Morgan fingerprint density at radius 1 is 0.742 bits per heavy atom. The van der Waals surface area contributed by atoms with Crippen molar-refractivity contribution in [3.63, 3.8) is 0 Å². The van der Waals surface area contributed by atoms with Gasteiger partial charge in [-0.3, -0.25) is 14.4 Å². The molecule has 0 fully saturated rings. The second kappa shape index (κ2) is 7.24. The van der Waals surface area contributed by atoms with E-state index in [1.54, 1.807) is 24.3 Å². The Labute approximate surface area is 188 Å². The van der Waals surface area contributed by atoms with Gasteiger partial charge in [0.15, 0.2) is 17.3 Å². The lowest BCUT2D eigenvalue weighted by Crippen LogP contribution is -2.47. The third-order valence-electron chi connectivity index (χ3n) is 6.57. The number of halogens is 1. The van der Waals surface area contributed by atoms with Crippen LogP contribution < -0.4 is 0 Å². The second-order valence-corrected chi connectivity index (χ2v) is 9.07. The van der Waals surface area contributed by atoms with Gasteiger partial charge in [0.05, 0.1) is 0 Å². The Bertz CT molecular complexity index is 1220. The summed E-state index contributed by atoms with van der Waals surface area (Å²) in [5.74, 6) is -1.64. The predicted molar refractivity (Wildman–Crippen MR) is 123 cm³/mol. The molecule has 0 saturated carbocycles. The molecule has 3 nitrogen and oxygen atoms in total. The molecule has 3 aromatic carbocycles. The van der Waals surface area contributed by atoms with Crippen molar-refractivity contribution in [1.29, 1.82) is 0 Å². The molecule has 4 heteroatoms. The first-order chi connectivity index (χ1) is 15.0. The Morgan fingerprint density at radius 3 is 1.87 bits per heavy atom. The van der Waals surface area contributed by atoms with Gasteiger partial charge in [-0.25, -0.2) is 0 Å². The highest BCUT2D eigenvalue weighted by Crippen LogP contribution is 2.59. The van der Waals surface area contributed by atoms with Gasteiger partial charge in [0.1, 0.15) is 5.41 Å². The molecule has 2 aliphatic carbocycles. The van der Waals surface area contributed by atoms with Gasteiger partial charge in [0.2, 0.25) is 0 Å². The quantitative estimate of drug-likeness (QED) is 0.438. The number of allylic oxidation sites excluding steroid dienone is 2. The van der Waals surface area contributed by atoms with E-state index in [1.165, 1.54) is 6.08 Å². The molecule has 0 radical (unpaired) electrons. The van der Waals surface area contributed by atoms with Gasteiger partial charge in [-0.15, -0.1) is 0 Å². The number of Topliss-reactive ketones (excluding diaryl/α,β-unsaturated/α-hetero) is 2. The summed E-state index contributed by atoms with van der Waals surface area (Å²) in [6, 6.07) is 23.9. The van der Waals surface area contributed by atoms with Crippen molar-refractivity contribution in [3.8, 4) is 0 Å². The average molecular weight is 471 g/mol. The fraction of sp³-hybridized carbons (Fsp3) is 0.148. The number of rotatable bonds is 2. The van der Waals surface area contributed by atoms with Gasteiger partial charge in [-0.1, -0.05) is 89.6 Å². The van der Waals surface area contributed by atoms with Crippen LogP contribution in [0.2, 0.25) is 0 Å². The summed E-state index contributed by atoms with van der Waals surface area (Å²) in [6.45, 7) is 1.82. The number of carbonyl (C=O) groups excluding carboxylic acids is 3. The van der Waals surface area contributed by atoms with Crippen LogP contribution in [0.25, 0.3) is 5.57 Å². The van der Waals surface area contributed by atoms with E-state index in [9.17, 15) is 14.4 Å². The molecule has 2 atom stereocenters. The summed E-state index contributed by atoms with van der Waals surface area (Å²) in [5.41, 5.74) is 1.41. The molecule has 0 saturated heterocycles. The molecule has 0 unspecified atom stereocenters. The summed E-state index contributed by atoms with van der Waals surface area (Å²) in [7, 11) is 0. The monoisotopic (exact) mass is 470 g/mol. The first-order valence-electron chi connectivity index (χ1n) is 10.2. The van der Waals surface area contributed by atoms with Crippen molar-refractivity contribution in [1.82, 2.24) is 0 Å². The molecule has 31 heavy (non-hydrogen) atoms. The van der Waals surface area contributed by atoms with Crippen molar-refractivity contribution < 1.29 is 14.4 Å². The molecule has 0 aromatic heterocycles. The van der Waals surface area contributed by atoms with Crippen LogP contribution in [0.15, 0.2) is 89.4 Å². The Hall–Kier alpha value is -3.11. The minimum absolute atomic E-state index is 0.0750. The predicted octanol–water partition coefficient (Wildman–Crippen LogP) is 5.90. The molecule has 0 N–H and O–H groups in total. The first kappa shape index (κ1) is 19.8. The highest BCUT2D eigenvalue weighted by molar-refractivity contribution is 9.10. The van der Waals surface area contributed by atoms with E-state index in [4.69, 9.17) is 0 Å². The van der Waals surface area contributed by atoms with E-state index in [0.717, 1.165) is 15.6 Å². The molecule has 3 aromatic rings. The Kier molecular flexibility index (Phi) is 4.63. The average Bonchev–Trinajstić information content (AvgIpc) is 3.01. The minimum Gasteiger partial charge on any atom is -0.295 e. The summed E-state index contributed by atoms with van der Waals surface area (Å²) in [6.07, 6.45) is 1.52. The van der Waals surface area contributed by atoms with Gasteiger partial charge in [0, 0.05) is 27.4 Å². The van der Waals surface area contributed by atoms with Gasteiger partial charge >= 0.3 is 0 Å². The molecule has 152 valence electrons. The lowest BCUT2D eigenvalue weighted by molar-refractivity contribution is -0.119. The van der Waals surface area contributed by atoms with Gasteiger partial charge in [-0.2, -0.15) is 0 Å². The highest BCUT2D eigenvalue weighted by Gasteiger charge is 2.63. The van der Waals surface area contributed by atoms with Crippen LogP contribution in [0.3, 0.4) is 0 Å². The number of benzene rings is 3. The number of fused-ring (bicyclic) bond motifs is 1. The maximum Gasteiger partial charge on any atom is 0.182 e. The molecular weight excluding hydrogens is 452 g/mol. The molecular formula is C27H19BrO3. The third-order valence-corrected chi connectivity index (χ3v) is 7.10.